The third kappa shape index (κ3) is 5.37. The predicted molar refractivity (Wildman–Crippen MR) is 75.9 cm³/mol. The van der Waals surface area contributed by atoms with E-state index in [0.29, 0.717) is 0 Å². The van der Waals surface area contributed by atoms with Crippen LogP contribution in [0.2, 0.25) is 0 Å². The van der Waals surface area contributed by atoms with Gasteiger partial charge in [-0.15, -0.1) is 0 Å². The first kappa shape index (κ1) is 14.8. The van der Waals surface area contributed by atoms with Gasteiger partial charge in [0.15, 0.2) is 6.10 Å². The van der Waals surface area contributed by atoms with E-state index in [1.165, 1.54) is 6.92 Å². The normalized spacial score (nSPS) is 12.3. The molecule has 3 heteroatoms. The van der Waals surface area contributed by atoms with Crippen LogP contribution in [0.1, 0.15) is 39.4 Å². The Labute approximate surface area is 117 Å². The van der Waals surface area contributed by atoms with Crippen LogP contribution in [-0.2, 0) is 9.53 Å². The molecule has 0 aliphatic heterocycles. The lowest BCUT2D eigenvalue weighted by atomic mass is 9.97. The molecule has 0 fully saturated rings. The second-order valence-electron chi connectivity index (χ2n) is 5.06. The van der Waals surface area contributed by atoms with Crippen LogP contribution in [0.25, 0.3) is 0 Å². The Balaban J connectivity index is 3.05. The van der Waals surface area contributed by atoms with Crippen LogP contribution in [-0.4, -0.2) is 5.97 Å². The number of benzene rings is 1. The number of hydrogen-bond donors (Lipinski definition) is 0. The summed E-state index contributed by atoms with van der Waals surface area (Å²) < 4.78 is 6.19. The van der Waals surface area contributed by atoms with E-state index in [4.69, 9.17) is 4.74 Å². The molecule has 1 atom stereocenters. The first-order valence-corrected chi connectivity index (χ1v) is 6.52. The molecule has 0 saturated heterocycles. The molecule has 0 unspecified atom stereocenters. The summed E-state index contributed by atoms with van der Waals surface area (Å²) >= 11 is 3.40. The van der Waals surface area contributed by atoms with Gasteiger partial charge in [0.05, 0.1) is 0 Å². The first-order chi connectivity index (χ1) is 8.28. The van der Waals surface area contributed by atoms with Crippen LogP contribution in [0.5, 0.6) is 0 Å². The van der Waals surface area contributed by atoms with E-state index in [9.17, 15) is 4.79 Å². The summed E-state index contributed by atoms with van der Waals surface area (Å²) in [5, 5.41) is 0. The summed E-state index contributed by atoms with van der Waals surface area (Å²) in [6.45, 7) is 7.45. The maximum absolute atomic E-state index is 11.1. The maximum atomic E-state index is 11.1. The van der Waals surface area contributed by atoms with E-state index in [0.717, 1.165) is 10.0 Å². The van der Waals surface area contributed by atoms with Gasteiger partial charge in [-0.2, -0.15) is 0 Å². The van der Waals surface area contributed by atoms with Gasteiger partial charge in [-0.25, -0.2) is 0 Å². The molecule has 1 aromatic carbocycles. The van der Waals surface area contributed by atoms with Crippen LogP contribution in [0, 0.1) is 17.3 Å². The van der Waals surface area contributed by atoms with Crippen molar-refractivity contribution in [1.29, 1.82) is 0 Å². The highest BCUT2D eigenvalue weighted by molar-refractivity contribution is 9.10. The Kier molecular flexibility index (Phi) is 4.98. The van der Waals surface area contributed by atoms with Gasteiger partial charge in [-0.05, 0) is 32.9 Å². The number of carbonyl (C=O) groups excluding carboxylic acids is 1. The molecular formula is C15H17BrO2. The summed E-state index contributed by atoms with van der Waals surface area (Å²) in [6, 6.07) is 7.63. The highest BCUT2D eigenvalue weighted by atomic mass is 79.9. The van der Waals surface area contributed by atoms with Crippen molar-refractivity contribution >= 4 is 21.9 Å². The Hall–Kier alpha value is -1.27. The van der Waals surface area contributed by atoms with E-state index in [2.05, 4.69) is 27.8 Å². The smallest absolute Gasteiger partial charge is 0.304 e. The molecule has 0 bridgehead atoms. The largest absolute Gasteiger partial charge is 0.444 e. The fraction of sp³-hybridized carbons (Fsp3) is 0.400. The summed E-state index contributed by atoms with van der Waals surface area (Å²) in [5.41, 5.74) is 0.751. The zero-order chi connectivity index (χ0) is 13.8. The average molecular weight is 309 g/mol. The topological polar surface area (TPSA) is 26.3 Å². The van der Waals surface area contributed by atoms with Gasteiger partial charge in [0, 0.05) is 22.4 Å². The van der Waals surface area contributed by atoms with Gasteiger partial charge in [0.25, 0.3) is 0 Å². The summed E-state index contributed by atoms with van der Waals surface area (Å²) in [7, 11) is 0. The standard InChI is InChI=1S/C15H17BrO2/c1-11(17)18-14(8-9-15(2,3)4)12-6-5-7-13(16)10-12/h5-7,10,14H,1-4H3/t14-/m0/s1. The van der Waals surface area contributed by atoms with Gasteiger partial charge < -0.3 is 4.74 Å². The third-order valence-corrected chi connectivity index (χ3v) is 2.51. The zero-order valence-electron chi connectivity index (χ0n) is 11.1. The lowest BCUT2D eigenvalue weighted by molar-refractivity contribution is -0.144. The molecule has 18 heavy (non-hydrogen) atoms. The Morgan fingerprint density at radius 1 is 1.39 bits per heavy atom. The quantitative estimate of drug-likeness (QED) is 0.607. The Bertz CT molecular complexity index is 489. The van der Waals surface area contributed by atoms with Crippen molar-refractivity contribution in [1.82, 2.24) is 0 Å². The van der Waals surface area contributed by atoms with Gasteiger partial charge in [0.2, 0.25) is 0 Å². The minimum absolute atomic E-state index is 0.121. The van der Waals surface area contributed by atoms with Crippen molar-refractivity contribution in [3.63, 3.8) is 0 Å². The third-order valence-electron chi connectivity index (χ3n) is 2.01. The highest BCUT2D eigenvalue weighted by Gasteiger charge is 2.13. The van der Waals surface area contributed by atoms with Crippen molar-refractivity contribution in [2.75, 3.05) is 0 Å². The van der Waals surface area contributed by atoms with Gasteiger partial charge in [-0.1, -0.05) is 39.9 Å². The molecule has 0 amide bonds. The van der Waals surface area contributed by atoms with E-state index >= 15 is 0 Å². The van der Waals surface area contributed by atoms with Crippen LogP contribution in [0.4, 0.5) is 0 Å². The van der Waals surface area contributed by atoms with Crippen molar-refractivity contribution in [2.24, 2.45) is 5.41 Å². The minimum Gasteiger partial charge on any atom is -0.444 e. The first-order valence-electron chi connectivity index (χ1n) is 5.73. The molecule has 0 radical (unpaired) electrons. The maximum Gasteiger partial charge on any atom is 0.304 e. The van der Waals surface area contributed by atoms with Crippen molar-refractivity contribution in [3.8, 4) is 11.8 Å². The highest BCUT2D eigenvalue weighted by Crippen LogP contribution is 2.22. The number of esters is 1. The van der Waals surface area contributed by atoms with Crippen LogP contribution in [0.15, 0.2) is 28.7 Å². The van der Waals surface area contributed by atoms with Gasteiger partial charge >= 0.3 is 5.97 Å². The predicted octanol–water partition coefficient (Wildman–Crippen LogP) is 4.10. The lowest BCUT2D eigenvalue weighted by Crippen LogP contribution is -2.08. The summed E-state index contributed by atoms with van der Waals surface area (Å²) in [5.74, 6) is 5.79. The molecule has 0 N–H and O–H groups in total. The lowest BCUT2D eigenvalue weighted by Gasteiger charge is -2.13. The molecular weight excluding hydrogens is 292 g/mol. The molecule has 0 saturated carbocycles. The fourth-order valence-electron chi connectivity index (χ4n) is 1.30. The SMILES string of the molecule is CC(=O)O[C@@H](C#CC(C)(C)C)c1cccc(Br)c1. The fourth-order valence-corrected chi connectivity index (χ4v) is 1.72. The molecule has 0 spiro atoms. The van der Waals surface area contributed by atoms with Gasteiger partial charge in [0.1, 0.15) is 0 Å². The van der Waals surface area contributed by atoms with Crippen LogP contribution < -0.4 is 0 Å². The number of ether oxygens (including phenoxy) is 1. The monoisotopic (exact) mass is 308 g/mol. The average Bonchev–Trinajstić information content (AvgIpc) is 2.22. The molecule has 2 nitrogen and oxygen atoms in total. The minimum atomic E-state index is -0.515. The summed E-state index contributed by atoms with van der Waals surface area (Å²) in [6.07, 6.45) is -0.515. The molecule has 96 valence electrons. The van der Waals surface area contributed by atoms with E-state index < -0.39 is 6.10 Å². The number of rotatable bonds is 2. The Morgan fingerprint density at radius 3 is 2.56 bits per heavy atom. The van der Waals surface area contributed by atoms with Gasteiger partial charge in [-0.3, -0.25) is 4.79 Å². The molecule has 0 aliphatic carbocycles. The number of halogens is 1. The molecule has 0 aliphatic rings. The number of carbonyl (C=O) groups is 1. The van der Waals surface area contributed by atoms with Crippen LogP contribution in [0.3, 0.4) is 0 Å². The van der Waals surface area contributed by atoms with E-state index in [1.54, 1.807) is 0 Å². The zero-order valence-corrected chi connectivity index (χ0v) is 12.7. The Morgan fingerprint density at radius 2 is 2.06 bits per heavy atom. The van der Waals surface area contributed by atoms with E-state index in [1.807, 2.05) is 45.0 Å². The summed E-state index contributed by atoms with van der Waals surface area (Å²) in [4.78, 5) is 11.1. The van der Waals surface area contributed by atoms with Crippen molar-refractivity contribution < 1.29 is 9.53 Å². The second-order valence-corrected chi connectivity index (χ2v) is 5.98. The van der Waals surface area contributed by atoms with Crippen molar-refractivity contribution in [2.45, 2.75) is 33.8 Å². The van der Waals surface area contributed by atoms with Crippen LogP contribution >= 0.6 is 15.9 Å². The van der Waals surface area contributed by atoms with E-state index in [-0.39, 0.29) is 11.4 Å². The molecule has 0 heterocycles. The molecule has 1 aromatic rings. The molecule has 0 aromatic heterocycles. The number of hydrogen-bond acceptors (Lipinski definition) is 2. The van der Waals surface area contributed by atoms with Crippen molar-refractivity contribution in [3.05, 3.63) is 34.3 Å². The molecule has 1 rings (SSSR count). The second kappa shape index (κ2) is 6.06.